The van der Waals surface area contributed by atoms with Gasteiger partial charge >= 0.3 is 0 Å². The first-order chi connectivity index (χ1) is 9.70. The number of aromatic hydroxyl groups is 1. The number of hydrazine groups is 1. The zero-order valence-corrected chi connectivity index (χ0v) is 11.3. The summed E-state index contributed by atoms with van der Waals surface area (Å²) in [6, 6.07) is 12.1. The van der Waals surface area contributed by atoms with E-state index in [0.29, 0.717) is 5.69 Å². The third kappa shape index (κ3) is 2.12. The zero-order chi connectivity index (χ0) is 14.1. The second kappa shape index (κ2) is 5.13. The predicted octanol–water partition coefficient (Wildman–Crippen LogP) is 3.36. The van der Waals surface area contributed by atoms with Crippen LogP contribution in [0.4, 0.5) is 10.1 Å². The maximum Gasteiger partial charge on any atom is 0.148 e. The first-order valence-electron chi connectivity index (χ1n) is 6.81. The molecule has 3 rings (SSSR count). The van der Waals surface area contributed by atoms with Crippen molar-refractivity contribution in [1.82, 2.24) is 5.43 Å². The van der Waals surface area contributed by atoms with Crippen LogP contribution in [-0.4, -0.2) is 11.7 Å². The fourth-order valence-electron chi connectivity index (χ4n) is 2.66. The van der Waals surface area contributed by atoms with Crippen LogP contribution in [0.25, 0.3) is 0 Å². The van der Waals surface area contributed by atoms with Crippen molar-refractivity contribution in [3.05, 3.63) is 59.4 Å². The van der Waals surface area contributed by atoms with E-state index >= 15 is 0 Å². The van der Waals surface area contributed by atoms with Crippen LogP contribution in [-0.2, 0) is 0 Å². The third-order valence-electron chi connectivity index (χ3n) is 3.56. The van der Waals surface area contributed by atoms with Gasteiger partial charge in [0, 0.05) is 12.1 Å². The van der Waals surface area contributed by atoms with Gasteiger partial charge in [0.1, 0.15) is 11.6 Å². The number of phenolic OH excluding ortho intramolecular Hbond substituents is 1. The second-order valence-corrected chi connectivity index (χ2v) is 4.98. The maximum atomic E-state index is 14.1. The number of rotatable bonds is 3. The third-order valence-corrected chi connectivity index (χ3v) is 3.56. The van der Waals surface area contributed by atoms with E-state index in [4.69, 9.17) is 0 Å². The molecule has 0 radical (unpaired) electrons. The fraction of sp³-hybridized carbons (Fsp3) is 0.250. The highest BCUT2D eigenvalue weighted by Gasteiger charge is 2.31. The average molecular weight is 272 g/mol. The molecule has 0 aliphatic carbocycles. The normalized spacial score (nSPS) is 17.3. The molecular formula is C16H17FN2O. The van der Waals surface area contributed by atoms with Crippen LogP contribution >= 0.6 is 0 Å². The number of hydrogen-bond donors (Lipinski definition) is 2. The molecule has 0 fully saturated rings. The van der Waals surface area contributed by atoms with Crippen LogP contribution in [0.15, 0.2) is 42.5 Å². The van der Waals surface area contributed by atoms with Gasteiger partial charge in [-0.25, -0.2) is 9.82 Å². The highest BCUT2D eigenvalue weighted by Crippen LogP contribution is 2.38. The number of halogens is 1. The molecule has 1 unspecified atom stereocenters. The number of fused-ring (bicyclic) bond motifs is 1. The minimum absolute atomic E-state index is 0.0761. The Bertz CT molecular complexity index is 612. The molecule has 104 valence electrons. The topological polar surface area (TPSA) is 35.5 Å². The lowest BCUT2D eigenvalue weighted by Crippen LogP contribution is -2.35. The number of hydrogen-bond acceptors (Lipinski definition) is 3. The molecule has 4 heteroatoms. The van der Waals surface area contributed by atoms with E-state index in [1.807, 2.05) is 23.2 Å². The number of anilines is 1. The Labute approximate surface area is 117 Å². The molecule has 0 amide bonds. The molecule has 1 aliphatic rings. The lowest BCUT2D eigenvalue weighted by molar-refractivity contribution is 0.474. The Morgan fingerprint density at radius 3 is 2.65 bits per heavy atom. The molecule has 1 heterocycles. The van der Waals surface area contributed by atoms with Crippen molar-refractivity contribution in [2.45, 2.75) is 19.4 Å². The maximum absolute atomic E-state index is 14.1. The molecule has 0 saturated carbocycles. The molecule has 2 aromatic rings. The summed E-state index contributed by atoms with van der Waals surface area (Å²) in [7, 11) is 0. The van der Waals surface area contributed by atoms with Crippen LogP contribution in [0.3, 0.4) is 0 Å². The van der Waals surface area contributed by atoms with Crippen LogP contribution in [0.2, 0.25) is 0 Å². The Morgan fingerprint density at radius 1 is 1.20 bits per heavy atom. The number of nitrogens with zero attached hydrogens (tertiary/aromatic N) is 1. The minimum atomic E-state index is -0.204. The van der Waals surface area contributed by atoms with Crippen LogP contribution in [0, 0.1) is 5.82 Å². The van der Waals surface area contributed by atoms with Crippen LogP contribution in [0.5, 0.6) is 5.75 Å². The molecule has 0 spiro atoms. The molecule has 1 aliphatic heterocycles. The second-order valence-electron chi connectivity index (χ2n) is 4.98. The molecule has 0 bridgehead atoms. The van der Waals surface area contributed by atoms with Crippen molar-refractivity contribution in [1.29, 1.82) is 0 Å². The summed E-state index contributed by atoms with van der Waals surface area (Å²) in [5, 5.41) is 11.3. The number of nitrogens with one attached hydrogen (secondary N) is 1. The number of para-hydroxylation sites is 1. The van der Waals surface area contributed by atoms with Crippen molar-refractivity contribution >= 4 is 5.69 Å². The van der Waals surface area contributed by atoms with E-state index in [9.17, 15) is 9.50 Å². The van der Waals surface area contributed by atoms with Gasteiger partial charge in [0.2, 0.25) is 0 Å². The van der Waals surface area contributed by atoms with Gasteiger partial charge < -0.3 is 10.1 Å². The van der Waals surface area contributed by atoms with Crippen LogP contribution in [0.1, 0.15) is 30.5 Å². The minimum Gasteiger partial charge on any atom is -0.508 e. The van der Waals surface area contributed by atoms with E-state index in [1.54, 1.807) is 18.2 Å². The molecule has 20 heavy (non-hydrogen) atoms. The van der Waals surface area contributed by atoms with E-state index in [2.05, 4.69) is 12.3 Å². The van der Waals surface area contributed by atoms with Gasteiger partial charge in [0.25, 0.3) is 0 Å². The fourth-order valence-corrected chi connectivity index (χ4v) is 2.66. The molecule has 2 aromatic carbocycles. The monoisotopic (exact) mass is 272 g/mol. The Hall–Kier alpha value is -2.07. The van der Waals surface area contributed by atoms with Crippen molar-refractivity contribution in [2.75, 3.05) is 11.6 Å². The molecule has 0 saturated heterocycles. The highest BCUT2D eigenvalue weighted by atomic mass is 19.1. The smallest absolute Gasteiger partial charge is 0.148 e. The van der Waals surface area contributed by atoms with Gasteiger partial charge in [0.15, 0.2) is 0 Å². The van der Waals surface area contributed by atoms with Gasteiger partial charge in [-0.05, 0) is 30.2 Å². The summed E-state index contributed by atoms with van der Waals surface area (Å²) in [6.45, 7) is 2.82. The highest BCUT2D eigenvalue weighted by molar-refractivity contribution is 5.61. The molecular weight excluding hydrogens is 255 g/mol. The van der Waals surface area contributed by atoms with Crippen molar-refractivity contribution in [2.24, 2.45) is 0 Å². The van der Waals surface area contributed by atoms with Gasteiger partial charge in [-0.2, -0.15) is 0 Å². The average Bonchev–Trinajstić information content (AvgIpc) is 2.80. The van der Waals surface area contributed by atoms with E-state index in [-0.39, 0.29) is 17.6 Å². The quantitative estimate of drug-likeness (QED) is 0.899. The lowest BCUT2D eigenvalue weighted by atomic mass is 9.99. The van der Waals surface area contributed by atoms with Gasteiger partial charge in [-0.15, -0.1) is 0 Å². The largest absolute Gasteiger partial charge is 0.508 e. The van der Waals surface area contributed by atoms with E-state index in [0.717, 1.165) is 24.1 Å². The van der Waals surface area contributed by atoms with Crippen LogP contribution < -0.4 is 10.4 Å². The lowest BCUT2D eigenvalue weighted by Gasteiger charge is -2.20. The van der Waals surface area contributed by atoms with Crippen molar-refractivity contribution < 1.29 is 9.50 Å². The first-order valence-corrected chi connectivity index (χ1v) is 6.81. The summed E-state index contributed by atoms with van der Waals surface area (Å²) in [6.07, 6.45) is 0.934. The summed E-state index contributed by atoms with van der Waals surface area (Å²) < 4.78 is 14.1. The summed E-state index contributed by atoms with van der Waals surface area (Å²) in [5.74, 6) is 0.0290. The molecule has 0 aromatic heterocycles. The van der Waals surface area contributed by atoms with Gasteiger partial charge in [-0.3, -0.25) is 0 Å². The van der Waals surface area contributed by atoms with E-state index in [1.165, 1.54) is 6.07 Å². The summed E-state index contributed by atoms with van der Waals surface area (Å²) in [4.78, 5) is 0. The van der Waals surface area contributed by atoms with Crippen molar-refractivity contribution in [3.8, 4) is 5.75 Å². The Balaban J connectivity index is 2.03. The summed E-state index contributed by atoms with van der Waals surface area (Å²) >= 11 is 0. The zero-order valence-electron chi connectivity index (χ0n) is 11.3. The SMILES string of the molecule is CCCN1NC(c2ccc(O)cc2)c2cccc(F)c21. The predicted molar refractivity (Wildman–Crippen MR) is 77.1 cm³/mol. The number of phenols is 1. The number of benzene rings is 2. The van der Waals surface area contributed by atoms with Gasteiger partial charge in [0.05, 0.1) is 11.7 Å². The first kappa shape index (κ1) is 12.9. The standard InChI is InChI=1S/C16H17FN2O/c1-2-10-19-16-13(4-3-5-14(16)17)15(18-19)11-6-8-12(20)9-7-11/h3-9,15,18,20H,2,10H2,1H3. The van der Waals surface area contributed by atoms with Crippen molar-refractivity contribution in [3.63, 3.8) is 0 Å². The summed E-state index contributed by atoms with van der Waals surface area (Å²) in [5.41, 5.74) is 5.92. The molecule has 2 N–H and O–H groups in total. The molecule has 1 atom stereocenters. The Kier molecular flexibility index (Phi) is 3.32. The molecule has 3 nitrogen and oxygen atoms in total. The van der Waals surface area contributed by atoms with E-state index < -0.39 is 0 Å². The van der Waals surface area contributed by atoms with Gasteiger partial charge in [-0.1, -0.05) is 31.2 Å². The Morgan fingerprint density at radius 2 is 1.95 bits per heavy atom.